The second-order valence-electron chi connectivity index (χ2n) is 5.62. The van der Waals surface area contributed by atoms with E-state index >= 15 is 0 Å². The number of hydrogen-bond acceptors (Lipinski definition) is 1. The van der Waals surface area contributed by atoms with Crippen LogP contribution in [0.2, 0.25) is 0 Å². The molecule has 0 radical (unpaired) electrons. The molecular weight excluding hydrogens is 220 g/mol. The zero-order valence-corrected chi connectivity index (χ0v) is 11.0. The van der Waals surface area contributed by atoms with Gasteiger partial charge in [0.1, 0.15) is 0 Å². The van der Waals surface area contributed by atoms with Gasteiger partial charge in [0.15, 0.2) is 0 Å². The predicted octanol–water partition coefficient (Wildman–Crippen LogP) is 3.18. The Hall–Kier alpha value is -1.28. The fraction of sp³-hybridized carbons (Fsp3) is 0.500. The molecule has 1 aliphatic carbocycles. The van der Waals surface area contributed by atoms with Crippen molar-refractivity contribution in [2.75, 3.05) is 6.54 Å². The lowest BCUT2D eigenvalue weighted by molar-refractivity contribution is 0.384. The summed E-state index contributed by atoms with van der Waals surface area (Å²) in [5.74, 6) is 0. The van der Waals surface area contributed by atoms with Crippen molar-refractivity contribution in [1.29, 1.82) is 0 Å². The Labute approximate surface area is 108 Å². The molecule has 1 aromatic carbocycles. The van der Waals surface area contributed by atoms with Crippen LogP contribution in [-0.2, 0) is 19.4 Å². The van der Waals surface area contributed by atoms with E-state index in [-0.39, 0.29) is 0 Å². The number of aromatic nitrogens is 1. The van der Waals surface area contributed by atoms with Gasteiger partial charge in [-0.25, -0.2) is 0 Å². The summed E-state index contributed by atoms with van der Waals surface area (Å²) in [5, 5.41) is 5.21. The minimum absolute atomic E-state index is 0.611. The fourth-order valence-corrected chi connectivity index (χ4v) is 3.78. The molecule has 0 saturated carbocycles. The van der Waals surface area contributed by atoms with E-state index in [9.17, 15) is 0 Å². The first-order chi connectivity index (χ1) is 8.88. The number of benzene rings is 1. The van der Waals surface area contributed by atoms with Crippen LogP contribution in [0.5, 0.6) is 0 Å². The molecule has 1 atom stereocenters. The Morgan fingerprint density at radius 2 is 2.33 bits per heavy atom. The second kappa shape index (κ2) is 3.86. The minimum Gasteiger partial charge on any atom is -0.342 e. The van der Waals surface area contributed by atoms with Crippen LogP contribution in [0.4, 0.5) is 0 Å². The van der Waals surface area contributed by atoms with Gasteiger partial charge in [0, 0.05) is 35.7 Å². The number of nitrogens with one attached hydrogen (secondary N) is 1. The van der Waals surface area contributed by atoms with E-state index in [1.165, 1.54) is 35.7 Å². The van der Waals surface area contributed by atoms with Crippen LogP contribution in [0.3, 0.4) is 0 Å². The van der Waals surface area contributed by atoms with Gasteiger partial charge in [0.25, 0.3) is 0 Å². The standard InChI is InChI=1S/C16H20N2/c1-2-11-6-7-15-13(10-11)12-4-3-5-14-16(12)18(15)9-8-17-14/h6-7,10,14,17H,2-5,8-9H2,1H3/t14-/m0/s1. The lowest BCUT2D eigenvalue weighted by Gasteiger charge is -2.31. The summed E-state index contributed by atoms with van der Waals surface area (Å²) in [4.78, 5) is 0. The summed E-state index contributed by atoms with van der Waals surface area (Å²) in [6.45, 7) is 4.50. The molecule has 2 aliphatic rings. The molecule has 0 unspecified atom stereocenters. The van der Waals surface area contributed by atoms with Crippen LogP contribution < -0.4 is 5.32 Å². The van der Waals surface area contributed by atoms with Crippen molar-refractivity contribution >= 4 is 10.9 Å². The van der Waals surface area contributed by atoms with E-state index in [0.29, 0.717) is 6.04 Å². The fourth-order valence-electron chi connectivity index (χ4n) is 3.78. The smallest absolute Gasteiger partial charge is 0.0486 e. The third-order valence-corrected chi connectivity index (χ3v) is 4.66. The van der Waals surface area contributed by atoms with Gasteiger partial charge >= 0.3 is 0 Å². The highest BCUT2D eigenvalue weighted by molar-refractivity contribution is 5.87. The van der Waals surface area contributed by atoms with Gasteiger partial charge in [-0.05, 0) is 48.9 Å². The first-order valence-corrected chi connectivity index (χ1v) is 7.25. The molecule has 4 rings (SSSR count). The van der Waals surface area contributed by atoms with E-state index in [4.69, 9.17) is 0 Å². The van der Waals surface area contributed by atoms with Gasteiger partial charge in [-0.1, -0.05) is 13.0 Å². The number of fused-ring (bicyclic) bond motifs is 3. The molecule has 94 valence electrons. The van der Waals surface area contributed by atoms with Crippen LogP contribution >= 0.6 is 0 Å². The van der Waals surface area contributed by atoms with Crippen molar-refractivity contribution in [2.45, 2.75) is 45.2 Å². The molecule has 18 heavy (non-hydrogen) atoms. The van der Waals surface area contributed by atoms with Gasteiger partial charge < -0.3 is 9.88 Å². The molecule has 0 saturated heterocycles. The third kappa shape index (κ3) is 1.33. The van der Waals surface area contributed by atoms with Crippen LogP contribution in [0.25, 0.3) is 10.9 Å². The van der Waals surface area contributed by atoms with Crippen LogP contribution in [0.1, 0.15) is 42.6 Å². The Kier molecular flexibility index (Phi) is 2.28. The zero-order valence-electron chi connectivity index (χ0n) is 11.0. The normalized spacial score (nSPS) is 22.2. The Bertz CT molecular complexity index is 607. The number of nitrogens with zero attached hydrogens (tertiary/aromatic N) is 1. The average molecular weight is 240 g/mol. The van der Waals surface area contributed by atoms with Crippen LogP contribution in [0.15, 0.2) is 18.2 Å². The van der Waals surface area contributed by atoms with Crippen LogP contribution in [-0.4, -0.2) is 11.1 Å². The van der Waals surface area contributed by atoms with Crippen molar-refractivity contribution in [3.05, 3.63) is 35.0 Å². The zero-order chi connectivity index (χ0) is 12.1. The molecule has 2 aromatic rings. The van der Waals surface area contributed by atoms with E-state index in [1.54, 1.807) is 11.3 Å². The van der Waals surface area contributed by atoms with E-state index in [1.807, 2.05) is 0 Å². The molecule has 2 heterocycles. The maximum Gasteiger partial charge on any atom is 0.0486 e. The average Bonchev–Trinajstić information content (AvgIpc) is 2.76. The molecule has 1 aromatic heterocycles. The second-order valence-corrected chi connectivity index (χ2v) is 5.62. The van der Waals surface area contributed by atoms with E-state index in [2.05, 4.69) is 35.0 Å². The molecular formula is C16H20N2. The summed E-state index contributed by atoms with van der Waals surface area (Å²) >= 11 is 0. The molecule has 2 nitrogen and oxygen atoms in total. The predicted molar refractivity (Wildman–Crippen MR) is 75.0 cm³/mol. The van der Waals surface area contributed by atoms with E-state index < -0.39 is 0 Å². The van der Waals surface area contributed by atoms with E-state index in [0.717, 1.165) is 19.5 Å². The van der Waals surface area contributed by atoms with Gasteiger partial charge in [0.05, 0.1) is 0 Å². The molecule has 0 fully saturated rings. The number of rotatable bonds is 1. The Morgan fingerprint density at radius 1 is 1.39 bits per heavy atom. The van der Waals surface area contributed by atoms with Crippen molar-refractivity contribution in [2.24, 2.45) is 0 Å². The van der Waals surface area contributed by atoms with Crippen LogP contribution in [0, 0.1) is 0 Å². The Morgan fingerprint density at radius 3 is 3.22 bits per heavy atom. The monoisotopic (exact) mass is 240 g/mol. The highest BCUT2D eigenvalue weighted by Gasteiger charge is 2.29. The minimum atomic E-state index is 0.611. The van der Waals surface area contributed by atoms with Crippen molar-refractivity contribution in [3.63, 3.8) is 0 Å². The highest BCUT2D eigenvalue weighted by atomic mass is 15.1. The third-order valence-electron chi connectivity index (χ3n) is 4.66. The molecule has 1 N–H and O–H groups in total. The SMILES string of the molecule is CCc1ccc2c(c1)c1c3n2CCN[C@H]3CCC1. The molecule has 0 spiro atoms. The summed E-state index contributed by atoms with van der Waals surface area (Å²) in [6, 6.07) is 7.68. The summed E-state index contributed by atoms with van der Waals surface area (Å²) < 4.78 is 2.57. The number of hydrogen-bond donors (Lipinski definition) is 1. The maximum atomic E-state index is 3.69. The molecule has 0 bridgehead atoms. The molecule has 0 amide bonds. The van der Waals surface area contributed by atoms with Gasteiger partial charge in [-0.15, -0.1) is 0 Å². The first kappa shape index (κ1) is 10.6. The topological polar surface area (TPSA) is 17.0 Å². The van der Waals surface area contributed by atoms with Crippen molar-refractivity contribution in [3.8, 4) is 0 Å². The van der Waals surface area contributed by atoms with Gasteiger partial charge in [-0.3, -0.25) is 0 Å². The van der Waals surface area contributed by atoms with Crippen molar-refractivity contribution in [1.82, 2.24) is 9.88 Å². The lowest BCUT2D eigenvalue weighted by Crippen LogP contribution is -2.35. The Balaban J connectivity index is 2.05. The van der Waals surface area contributed by atoms with Crippen molar-refractivity contribution < 1.29 is 0 Å². The largest absolute Gasteiger partial charge is 0.342 e. The number of aryl methyl sites for hydroxylation is 2. The summed E-state index contributed by atoms with van der Waals surface area (Å²) in [5.41, 5.74) is 6.15. The molecule has 2 heteroatoms. The summed E-state index contributed by atoms with van der Waals surface area (Å²) in [6.07, 6.45) is 5.05. The van der Waals surface area contributed by atoms with Gasteiger partial charge in [-0.2, -0.15) is 0 Å². The summed E-state index contributed by atoms with van der Waals surface area (Å²) in [7, 11) is 0. The maximum absolute atomic E-state index is 3.69. The van der Waals surface area contributed by atoms with Gasteiger partial charge in [0.2, 0.25) is 0 Å². The lowest BCUT2D eigenvalue weighted by atomic mass is 9.90. The molecule has 1 aliphatic heterocycles. The first-order valence-electron chi connectivity index (χ1n) is 7.25. The quantitative estimate of drug-likeness (QED) is 0.810. The highest BCUT2D eigenvalue weighted by Crippen LogP contribution is 2.39.